The molecule has 0 aliphatic rings. The normalized spacial score (nSPS) is 11.6. The monoisotopic (exact) mass is 282 g/mol. The summed E-state index contributed by atoms with van der Waals surface area (Å²) >= 11 is 5.29. The Morgan fingerprint density at radius 2 is 2.05 bits per heavy atom. The van der Waals surface area contributed by atoms with E-state index < -0.39 is 0 Å². The minimum Gasteiger partial charge on any atom is -0.497 e. The van der Waals surface area contributed by atoms with Gasteiger partial charge in [0.05, 0.1) is 19.9 Å². The Bertz CT molecular complexity index is 424. The van der Waals surface area contributed by atoms with Gasteiger partial charge in [-0.1, -0.05) is 13.3 Å². The highest BCUT2D eigenvalue weighted by Crippen LogP contribution is 2.28. The first-order valence-electron chi connectivity index (χ1n) is 6.40. The molecule has 0 fully saturated rings. The molecular formula is C14H22N2O2S. The number of anilines is 1. The summed E-state index contributed by atoms with van der Waals surface area (Å²) in [6.07, 6.45) is 2.21. The average molecular weight is 282 g/mol. The number of hydrogen-bond acceptors (Lipinski definition) is 3. The summed E-state index contributed by atoms with van der Waals surface area (Å²) < 4.78 is 10.5. The highest BCUT2D eigenvalue weighted by molar-refractivity contribution is 7.80. The largest absolute Gasteiger partial charge is 0.497 e. The molecule has 5 heteroatoms. The van der Waals surface area contributed by atoms with E-state index in [4.69, 9.17) is 21.7 Å². The van der Waals surface area contributed by atoms with Crippen LogP contribution in [0.15, 0.2) is 18.2 Å². The standard InChI is InChI=1S/C14H22N2O2S/c1-5-6-10(2)15-14(19)16-12-8-7-11(17-3)9-13(12)18-4/h7-10H,5-6H2,1-4H3,(H2,15,16,19)/t10-/m0/s1. The van der Waals surface area contributed by atoms with E-state index in [0.717, 1.165) is 24.3 Å². The van der Waals surface area contributed by atoms with Gasteiger partial charge in [-0.05, 0) is 37.7 Å². The van der Waals surface area contributed by atoms with Crippen molar-refractivity contribution in [2.45, 2.75) is 32.7 Å². The summed E-state index contributed by atoms with van der Waals surface area (Å²) in [5, 5.41) is 6.99. The van der Waals surface area contributed by atoms with E-state index in [0.29, 0.717) is 16.9 Å². The Kier molecular flexibility index (Phi) is 6.42. The molecule has 0 amide bonds. The van der Waals surface area contributed by atoms with E-state index >= 15 is 0 Å². The highest BCUT2D eigenvalue weighted by atomic mass is 32.1. The van der Waals surface area contributed by atoms with Gasteiger partial charge in [0.2, 0.25) is 0 Å². The lowest BCUT2D eigenvalue weighted by Gasteiger charge is -2.18. The molecule has 0 heterocycles. The summed E-state index contributed by atoms with van der Waals surface area (Å²) in [6.45, 7) is 4.27. The van der Waals surface area contributed by atoms with Crippen molar-refractivity contribution in [2.24, 2.45) is 0 Å². The van der Waals surface area contributed by atoms with Crippen LogP contribution in [-0.4, -0.2) is 25.4 Å². The van der Waals surface area contributed by atoms with Crippen LogP contribution in [-0.2, 0) is 0 Å². The maximum Gasteiger partial charge on any atom is 0.171 e. The molecule has 0 saturated carbocycles. The number of ether oxygens (including phenoxy) is 2. The molecular weight excluding hydrogens is 260 g/mol. The Morgan fingerprint density at radius 3 is 2.63 bits per heavy atom. The molecule has 0 radical (unpaired) electrons. The number of rotatable bonds is 6. The molecule has 1 rings (SSSR count). The van der Waals surface area contributed by atoms with Crippen LogP contribution in [0.3, 0.4) is 0 Å². The molecule has 0 aliphatic heterocycles. The number of hydrogen-bond donors (Lipinski definition) is 2. The minimum atomic E-state index is 0.356. The second-order valence-electron chi connectivity index (χ2n) is 4.35. The van der Waals surface area contributed by atoms with Gasteiger partial charge in [0.25, 0.3) is 0 Å². The van der Waals surface area contributed by atoms with Crippen molar-refractivity contribution >= 4 is 23.0 Å². The number of benzene rings is 1. The van der Waals surface area contributed by atoms with Gasteiger partial charge < -0.3 is 20.1 Å². The van der Waals surface area contributed by atoms with Crippen LogP contribution >= 0.6 is 12.2 Å². The summed E-state index contributed by atoms with van der Waals surface area (Å²) in [6, 6.07) is 5.92. The minimum absolute atomic E-state index is 0.356. The van der Waals surface area contributed by atoms with E-state index in [9.17, 15) is 0 Å². The summed E-state index contributed by atoms with van der Waals surface area (Å²) in [7, 11) is 3.25. The van der Waals surface area contributed by atoms with Gasteiger partial charge in [-0.2, -0.15) is 0 Å². The van der Waals surface area contributed by atoms with Crippen molar-refractivity contribution in [3.8, 4) is 11.5 Å². The first kappa shape index (κ1) is 15.6. The van der Waals surface area contributed by atoms with E-state index in [1.807, 2.05) is 18.2 Å². The molecule has 0 aliphatic carbocycles. The quantitative estimate of drug-likeness (QED) is 0.784. The van der Waals surface area contributed by atoms with E-state index in [-0.39, 0.29) is 0 Å². The Morgan fingerprint density at radius 1 is 1.32 bits per heavy atom. The molecule has 4 nitrogen and oxygen atoms in total. The lowest BCUT2D eigenvalue weighted by molar-refractivity contribution is 0.395. The molecule has 19 heavy (non-hydrogen) atoms. The first-order valence-corrected chi connectivity index (χ1v) is 6.81. The predicted octanol–water partition coefficient (Wildman–Crippen LogP) is 3.18. The topological polar surface area (TPSA) is 42.5 Å². The lowest BCUT2D eigenvalue weighted by atomic mass is 10.2. The van der Waals surface area contributed by atoms with Crippen LogP contribution in [0.5, 0.6) is 11.5 Å². The van der Waals surface area contributed by atoms with Crippen molar-refractivity contribution in [2.75, 3.05) is 19.5 Å². The Labute approximate surface area is 120 Å². The van der Waals surface area contributed by atoms with Crippen LogP contribution in [0, 0.1) is 0 Å². The third kappa shape index (κ3) is 4.95. The first-order chi connectivity index (χ1) is 9.10. The van der Waals surface area contributed by atoms with Gasteiger partial charge in [-0.15, -0.1) is 0 Å². The summed E-state index contributed by atoms with van der Waals surface area (Å²) in [5.74, 6) is 1.45. The summed E-state index contributed by atoms with van der Waals surface area (Å²) in [5.41, 5.74) is 0.824. The molecule has 0 unspecified atom stereocenters. The zero-order chi connectivity index (χ0) is 14.3. The maximum atomic E-state index is 5.31. The van der Waals surface area contributed by atoms with E-state index in [1.54, 1.807) is 14.2 Å². The lowest BCUT2D eigenvalue weighted by Crippen LogP contribution is -2.35. The van der Waals surface area contributed by atoms with Crippen molar-refractivity contribution in [3.63, 3.8) is 0 Å². The molecule has 0 bridgehead atoms. The van der Waals surface area contributed by atoms with Crippen LogP contribution < -0.4 is 20.1 Å². The fourth-order valence-corrected chi connectivity index (χ4v) is 2.10. The third-order valence-electron chi connectivity index (χ3n) is 2.76. The van der Waals surface area contributed by atoms with Gasteiger partial charge in [0.15, 0.2) is 5.11 Å². The van der Waals surface area contributed by atoms with Gasteiger partial charge in [-0.3, -0.25) is 0 Å². The fraction of sp³-hybridized carbons (Fsp3) is 0.500. The Balaban J connectivity index is 2.68. The van der Waals surface area contributed by atoms with Crippen LogP contribution in [0.2, 0.25) is 0 Å². The molecule has 2 N–H and O–H groups in total. The highest BCUT2D eigenvalue weighted by Gasteiger charge is 2.08. The molecule has 1 aromatic rings. The van der Waals surface area contributed by atoms with Crippen LogP contribution in [0.4, 0.5) is 5.69 Å². The molecule has 0 saturated heterocycles. The van der Waals surface area contributed by atoms with Crippen LogP contribution in [0.25, 0.3) is 0 Å². The van der Waals surface area contributed by atoms with E-state index in [1.165, 1.54) is 0 Å². The average Bonchev–Trinajstić information content (AvgIpc) is 2.39. The van der Waals surface area contributed by atoms with E-state index in [2.05, 4.69) is 24.5 Å². The van der Waals surface area contributed by atoms with Crippen molar-refractivity contribution < 1.29 is 9.47 Å². The third-order valence-corrected chi connectivity index (χ3v) is 2.98. The Hall–Kier alpha value is -1.49. The smallest absolute Gasteiger partial charge is 0.171 e. The van der Waals surface area contributed by atoms with Crippen LogP contribution in [0.1, 0.15) is 26.7 Å². The van der Waals surface area contributed by atoms with Gasteiger partial charge in [0.1, 0.15) is 11.5 Å². The zero-order valence-electron chi connectivity index (χ0n) is 11.9. The molecule has 106 valence electrons. The van der Waals surface area contributed by atoms with Gasteiger partial charge in [-0.25, -0.2) is 0 Å². The van der Waals surface area contributed by atoms with Crippen molar-refractivity contribution in [3.05, 3.63) is 18.2 Å². The number of methoxy groups -OCH3 is 2. The molecule has 0 spiro atoms. The fourth-order valence-electron chi connectivity index (χ4n) is 1.79. The molecule has 1 atom stereocenters. The number of nitrogens with one attached hydrogen (secondary N) is 2. The zero-order valence-corrected chi connectivity index (χ0v) is 12.8. The predicted molar refractivity (Wildman–Crippen MR) is 83.3 cm³/mol. The SMILES string of the molecule is CCC[C@H](C)NC(=S)Nc1ccc(OC)cc1OC. The molecule has 0 aromatic heterocycles. The van der Waals surface area contributed by atoms with Crippen molar-refractivity contribution in [1.29, 1.82) is 0 Å². The number of thiocarbonyl (C=S) groups is 1. The maximum absolute atomic E-state index is 5.31. The second-order valence-corrected chi connectivity index (χ2v) is 4.76. The van der Waals surface area contributed by atoms with Gasteiger partial charge >= 0.3 is 0 Å². The summed E-state index contributed by atoms with van der Waals surface area (Å²) in [4.78, 5) is 0. The van der Waals surface area contributed by atoms with Gasteiger partial charge in [0, 0.05) is 12.1 Å². The second kappa shape index (κ2) is 7.84. The van der Waals surface area contributed by atoms with Crippen molar-refractivity contribution in [1.82, 2.24) is 5.32 Å². The molecule has 1 aromatic carbocycles.